The van der Waals surface area contributed by atoms with Crippen molar-refractivity contribution < 1.29 is 4.79 Å². The second-order valence-corrected chi connectivity index (χ2v) is 7.97. The molecule has 2 fully saturated rings. The van der Waals surface area contributed by atoms with Gasteiger partial charge in [-0.05, 0) is 65.6 Å². The standard InChI is InChI=1S/C18H30N4O/c1-18(2,3)22-16(14-7-8-14)13-15(20-22)17(23)19-9-12-21-10-5-4-6-11-21/h13-14H,4-12H2,1-3H3,(H,19,23). The SMILES string of the molecule is CC(C)(C)n1nc(C(=O)NCCN2CCCCC2)cc1C1CC1. The molecule has 0 aromatic carbocycles. The van der Waals surface area contributed by atoms with Gasteiger partial charge in [0.25, 0.3) is 5.91 Å². The summed E-state index contributed by atoms with van der Waals surface area (Å²) in [4.78, 5) is 14.9. The maximum Gasteiger partial charge on any atom is 0.271 e. The van der Waals surface area contributed by atoms with Gasteiger partial charge in [-0.2, -0.15) is 5.10 Å². The Labute approximate surface area is 139 Å². The average molecular weight is 318 g/mol. The van der Waals surface area contributed by atoms with Crippen LogP contribution in [0.25, 0.3) is 0 Å². The molecule has 128 valence electrons. The number of hydrogen-bond donors (Lipinski definition) is 1. The highest BCUT2D eigenvalue weighted by Gasteiger charge is 2.32. The van der Waals surface area contributed by atoms with Gasteiger partial charge in [0.05, 0.1) is 5.54 Å². The van der Waals surface area contributed by atoms with E-state index in [-0.39, 0.29) is 11.4 Å². The summed E-state index contributed by atoms with van der Waals surface area (Å²) in [6.45, 7) is 10.4. The van der Waals surface area contributed by atoms with Crippen LogP contribution in [0.3, 0.4) is 0 Å². The summed E-state index contributed by atoms with van der Waals surface area (Å²) in [5.41, 5.74) is 1.71. The first-order valence-corrected chi connectivity index (χ1v) is 9.06. The van der Waals surface area contributed by atoms with Crippen LogP contribution >= 0.6 is 0 Å². The third-order valence-electron chi connectivity index (χ3n) is 4.76. The minimum absolute atomic E-state index is 0.0353. The Bertz CT molecular complexity index is 548. The fourth-order valence-corrected chi connectivity index (χ4v) is 3.31. The largest absolute Gasteiger partial charge is 0.349 e. The zero-order valence-electron chi connectivity index (χ0n) is 14.8. The molecular weight excluding hydrogens is 288 g/mol. The van der Waals surface area contributed by atoms with Gasteiger partial charge in [0, 0.05) is 24.7 Å². The Balaban J connectivity index is 1.58. The molecule has 1 saturated heterocycles. The normalized spacial score (nSPS) is 19.8. The number of carbonyl (C=O) groups excluding carboxylic acids is 1. The number of hydrogen-bond acceptors (Lipinski definition) is 3. The number of likely N-dealkylation sites (tertiary alicyclic amines) is 1. The number of amides is 1. The molecule has 0 unspecified atom stereocenters. The lowest BCUT2D eigenvalue weighted by molar-refractivity contribution is 0.0940. The summed E-state index contributed by atoms with van der Waals surface area (Å²) in [6, 6.07) is 2.00. The Morgan fingerprint density at radius 1 is 1.26 bits per heavy atom. The van der Waals surface area contributed by atoms with Gasteiger partial charge < -0.3 is 10.2 Å². The molecule has 0 bridgehead atoms. The first-order chi connectivity index (χ1) is 10.9. The molecule has 0 radical (unpaired) electrons. The number of aromatic nitrogens is 2. The van der Waals surface area contributed by atoms with Crippen LogP contribution < -0.4 is 5.32 Å². The van der Waals surface area contributed by atoms with Gasteiger partial charge in [0.2, 0.25) is 0 Å². The van der Waals surface area contributed by atoms with Crippen LogP contribution in [0.2, 0.25) is 0 Å². The Morgan fingerprint density at radius 2 is 1.96 bits per heavy atom. The number of carbonyl (C=O) groups is 1. The average Bonchev–Trinajstić information content (AvgIpc) is 3.25. The molecule has 3 rings (SSSR count). The highest BCUT2D eigenvalue weighted by molar-refractivity contribution is 5.92. The van der Waals surface area contributed by atoms with Crippen LogP contribution in [-0.4, -0.2) is 46.8 Å². The van der Waals surface area contributed by atoms with Gasteiger partial charge in [0.1, 0.15) is 5.69 Å². The molecule has 2 aliphatic rings. The topological polar surface area (TPSA) is 50.2 Å². The van der Waals surface area contributed by atoms with Crippen LogP contribution in [0.5, 0.6) is 0 Å². The minimum Gasteiger partial charge on any atom is -0.349 e. The van der Waals surface area contributed by atoms with E-state index >= 15 is 0 Å². The molecule has 5 heteroatoms. The van der Waals surface area contributed by atoms with Crippen molar-refractivity contribution in [1.29, 1.82) is 0 Å². The number of nitrogens with one attached hydrogen (secondary N) is 1. The number of rotatable bonds is 5. The molecule has 0 atom stereocenters. The molecule has 23 heavy (non-hydrogen) atoms. The third kappa shape index (κ3) is 4.14. The molecule has 1 aliphatic heterocycles. The monoisotopic (exact) mass is 318 g/mol. The van der Waals surface area contributed by atoms with Crippen molar-refractivity contribution >= 4 is 5.91 Å². The van der Waals surface area contributed by atoms with Crippen LogP contribution in [0, 0.1) is 0 Å². The maximum atomic E-state index is 12.4. The van der Waals surface area contributed by atoms with E-state index in [0.29, 0.717) is 18.2 Å². The molecule has 1 aliphatic carbocycles. The van der Waals surface area contributed by atoms with Crippen LogP contribution in [0.4, 0.5) is 0 Å². The van der Waals surface area contributed by atoms with E-state index in [9.17, 15) is 4.79 Å². The lowest BCUT2D eigenvalue weighted by Crippen LogP contribution is -2.37. The predicted molar refractivity (Wildman–Crippen MR) is 91.8 cm³/mol. The second kappa shape index (κ2) is 6.63. The summed E-state index contributed by atoms with van der Waals surface area (Å²) in [5, 5.41) is 7.64. The quantitative estimate of drug-likeness (QED) is 0.908. The van der Waals surface area contributed by atoms with Crippen molar-refractivity contribution in [3.05, 3.63) is 17.5 Å². The van der Waals surface area contributed by atoms with Crippen molar-refractivity contribution in [3.8, 4) is 0 Å². The molecule has 0 spiro atoms. The fraction of sp³-hybridized carbons (Fsp3) is 0.778. The predicted octanol–water partition coefficient (Wildman–Crippen LogP) is 2.73. The second-order valence-electron chi connectivity index (χ2n) is 7.97. The molecule has 2 heterocycles. The van der Waals surface area contributed by atoms with Gasteiger partial charge in [-0.15, -0.1) is 0 Å². The lowest BCUT2D eigenvalue weighted by Gasteiger charge is -2.26. The van der Waals surface area contributed by atoms with Gasteiger partial charge in [0.15, 0.2) is 0 Å². The molecule has 1 aromatic rings. The fourth-order valence-electron chi connectivity index (χ4n) is 3.31. The Morgan fingerprint density at radius 3 is 2.57 bits per heavy atom. The number of nitrogens with zero attached hydrogens (tertiary/aromatic N) is 3. The minimum atomic E-state index is -0.0791. The van der Waals surface area contributed by atoms with Gasteiger partial charge in [-0.1, -0.05) is 6.42 Å². The van der Waals surface area contributed by atoms with Crippen molar-refractivity contribution in [2.24, 2.45) is 0 Å². The molecule has 1 aromatic heterocycles. The smallest absolute Gasteiger partial charge is 0.271 e. The van der Waals surface area contributed by atoms with Crippen LogP contribution in [-0.2, 0) is 5.54 Å². The summed E-state index contributed by atoms with van der Waals surface area (Å²) in [5.74, 6) is 0.559. The van der Waals surface area contributed by atoms with Crippen LogP contribution in [0.15, 0.2) is 6.07 Å². The van der Waals surface area contributed by atoms with Gasteiger partial charge in [-0.25, -0.2) is 0 Å². The lowest BCUT2D eigenvalue weighted by atomic mass is 10.1. The van der Waals surface area contributed by atoms with E-state index in [1.54, 1.807) is 0 Å². The molecule has 1 N–H and O–H groups in total. The van der Waals surface area contributed by atoms with Crippen molar-refractivity contribution in [2.75, 3.05) is 26.2 Å². The van der Waals surface area contributed by atoms with Crippen LogP contribution in [0.1, 0.15) is 75.0 Å². The van der Waals surface area contributed by atoms with E-state index < -0.39 is 0 Å². The Kier molecular flexibility index (Phi) is 4.76. The first kappa shape index (κ1) is 16.5. The van der Waals surface area contributed by atoms with Crippen molar-refractivity contribution in [3.63, 3.8) is 0 Å². The zero-order valence-corrected chi connectivity index (χ0v) is 14.8. The third-order valence-corrected chi connectivity index (χ3v) is 4.76. The Hall–Kier alpha value is -1.36. The zero-order chi connectivity index (χ0) is 16.4. The van der Waals surface area contributed by atoms with Crippen molar-refractivity contribution in [1.82, 2.24) is 20.0 Å². The summed E-state index contributed by atoms with van der Waals surface area (Å²) in [6.07, 6.45) is 6.36. The highest BCUT2D eigenvalue weighted by atomic mass is 16.1. The maximum absolute atomic E-state index is 12.4. The van der Waals surface area contributed by atoms with Gasteiger partial charge in [-0.3, -0.25) is 9.48 Å². The van der Waals surface area contributed by atoms with E-state index in [1.165, 1.54) is 50.9 Å². The molecule has 5 nitrogen and oxygen atoms in total. The first-order valence-electron chi connectivity index (χ1n) is 9.06. The highest BCUT2D eigenvalue weighted by Crippen LogP contribution is 2.41. The van der Waals surface area contributed by atoms with E-state index in [4.69, 9.17) is 0 Å². The number of piperidine rings is 1. The summed E-state index contributed by atoms with van der Waals surface area (Å²) < 4.78 is 2.05. The summed E-state index contributed by atoms with van der Waals surface area (Å²) in [7, 11) is 0. The van der Waals surface area contributed by atoms with Gasteiger partial charge >= 0.3 is 0 Å². The van der Waals surface area contributed by atoms with E-state index in [2.05, 4.69) is 36.1 Å². The van der Waals surface area contributed by atoms with E-state index in [1.807, 2.05) is 10.7 Å². The van der Waals surface area contributed by atoms with Crippen molar-refractivity contribution in [2.45, 2.75) is 64.3 Å². The molecular formula is C18H30N4O. The summed E-state index contributed by atoms with van der Waals surface area (Å²) >= 11 is 0. The molecule has 1 amide bonds. The van der Waals surface area contributed by atoms with E-state index in [0.717, 1.165) is 6.54 Å². The molecule has 1 saturated carbocycles.